The predicted octanol–water partition coefficient (Wildman–Crippen LogP) is 2.64. The van der Waals surface area contributed by atoms with Crippen LogP contribution in [0.1, 0.15) is 0 Å². The largest absolute Gasteiger partial charge is 0.196 e. The summed E-state index contributed by atoms with van der Waals surface area (Å²) in [6, 6.07) is 0. The van der Waals surface area contributed by atoms with Gasteiger partial charge in [0.25, 0.3) is 0 Å². The van der Waals surface area contributed by atoms with Gasteiger partial charge >= 0.3 is 0 Å². The third kappa shape index (κ3) is 2.90. The summed E-state index contributed by atoms with van der Waals surface area (Å²) < 4.78 is 0. The number of isothiocyanates is 1. The summed E-state index contributed by atoms with van der Waals surface area (Å²) in [4.78, 5) is 3.88. The molecule has 0 heterocycles. The Morgan fingerprint density at radius 3 is 2.10 bits per heavy atom. The molecule has 0 aromatic rings. The van der Waals surface area contributed by atoms with Crippen LogP contribution in [0.4, 0.5) is 0 Å². The number of hydrogen-bond donors (Lipinski definition) is 0. The van der Waals surface area contributed by atoms with Crippen molar-refractivity contribution in [1.29, 1.82) is 0 Å². The summed E-state index contributed by atoms with van der Waals surface area (Å²) in [6.07, 6.45) is 0. The van der Waals surface area contributed by atoms with Crippen molar-refractivity contribution in [3.05, 3.63) is 17.6 Å². The van der Waals surface area contributed by atoms with Gasteiger partial charge in [-0.2, -0.15) is 4.99 Å². The van der Waals surface area contributed by atoms with E-state index in [0.717, 1.165) is 5.32 Å². The van der Waals surface area contributed by atoms with Crippen LogP contribution in [-0.4, -0.2) is 13.2 Å². The van der Waals surface area contributed by atoms with Crippen molar-refractivity contribution in [3.63, 3.8) is 0 Å². The van der Waals surface area contributed by atoms with E-state index in [2.05, 4.69) is 54.3 Å². The second-order valence-electron chi connectivity index (χ2n) is 2.98. The van der Waals surface area contributed by atoms with E-state index in [4.69, 9.17) is 0 Å². The molecule has 0 aliphatic carbocycles. The lowest BCUT2D eigenvalue weighted by atomic mass is 10.9. The molecule has 0 spiro atoms. The molecule has 3 heteroatoms. The zero-order valence-electron chi connectivity index (χ0n) is 6.56. The first-order valence-corrected chi connectivity index (χ1v) is 6.91. The Bertz CT molecular complexity index is 214. The molecule has 0 atom stereocenters. The maximum atomic E-state index is 4.48. The average Bonchev–Trinajstić information content (AvgIpc) is 1.80. The molecule has 0 saturated carbocycles. The van der Waals surface area contributed by atoms with E-state index >= 15 is 0 Å². The molecule has 0 aromatic heterocycles. The molecule has 0 bridgehead atoms. The van der Waals surface area contributed by atoms with Crippen LogP contribution < -0.4 is 0 Å². The van der Waals surface area contributed by atoms with Crippen LogP contribution in [0.3, 0.4) is 0 Å². The fourth-order valence-corrected chi connectivity index (χ4v) is 1.61. The third-order valence-corrected chi connectivity index (χ3v) is 2.84. The summed E-state index contributed by atoms with van der Waals surface area (Å²) in [5.74, 6) is 0. The third-order valence-electron chi connectivity index (χ3n) is 1.04. The van der Waals surface area contributed by atoms with Crippen LogP contribution in [0.25, 0.3) is 0 Å². The van der Waals surface area contributed by atoms with Crippen molar-refractivity contribution >= 4 is 25.5 Å². The Labute approximate surface area is 68.2 Å². The lowest BCUT2D eigenvalue weighted by Crippen LogP contribution is -2.21. The first-order valence-electron chi connectivity index (χ1n) is 3.00. The molecule has 10 heavy (non-hydrogen) atoms. The summed E-state index contributed by atoms with van der Waals surface area (Å²) in [7, 11) is -1.36. The molecular formula is C7H11NSSi. The van der Waals surface area contributed by atoms with Gasteiger partial charge in [0.1, 0.15) is 8.07 Å². The van der Waals surface area contributed by atoms with Gasteiger partial charge in [-0.1, -0.05) is 26.2 Å². The molecule has 0 rings (SSSR count). The quantitative estimate of drug-likeness (QED) is 0.268. The van der Waals surface area contributed by atoms with E-state index in [1.54, 1.807) is 0 Å². The molecule has 0 radical (unpaired) electrons. The van der Waals surface area contributed by atoms with Crippen molar-refractivity contribution in [2.24, 2.45) is 4.99 Å². The zero-order chi connectivity index (χ0) is 8.20. The van der Waals surface area contributed by atoms with E-state index < -0.39 is 8.07 Å². The van der Waals surface area contributed by atoms with Gasteiger partial charge in [-0.15, -0.1) is 5.73 Å². The minimum atomic E-state index is -1.36. The highest BCUT2D eigenvalue weighted by Crippen LogP contribution is 2.12. The average molecular weight is 169 g/mol. The summed E-state index contributed by atoms with van der Waals surface area (Å²) in [5, 5.41) is 3.22. The molecule has 1 nitrogen and oxygen atoms in total. The summed E-state index contributed by atoms with van der Waals surface area (Å²) >= 11 is 4.48. The van der Waals surface area contributed by atoms with E-state index in [1.807, 2.05) is 0 Å². The Hall–Kier alpha value is -0.463. The van der Waals surface area contributed by atoms with E-state index in [0.29, 0.717) is 0 Å². The topological polar surface area (TPSA) is 12.4 Å². The molecular weight excluding hydrogens is 158 g/mol. The van der Waals surface area contributed by atoms with Gasteiger partial charge in [-0.05, 0) is 12.2 Å². The summed E-state index contributed by atoms with van der Waals surface area (Å²) in [5.41, 5.74) is 2.78. The SMILES string of the molecule is C=C=C(N=C=S)[Si](C)(C)C. The van der Waals surface area contributed by atoms with Crippen molar-refractivity contribution < 1.29 is 0 Å². The van der Waals surface area contributed by atoms with Gasteiger partial charge in [-0.3, -0.25) is 0 Å². The highest BCUT2D eigenvalue weighted by Gasteiger charge is 2.18. The first-order chi connectivity index (χ1) is 4.52. The molecule has 0 N–H and O–H groups in total. The maximum absolute atomic E-state index is 4.48. The lowest BCUT2D eigenvalue weighted by molar-refractivity contribution is 1.47. The lowest BCUT2D eigenvalue weighted by Gasteiger charge is -2.11. The Morgan fingerprint density at radius 1 is 1.50 bits per heavy atom. The fraction of sp³-hybridized carbons (Fsp3) is 0.429. The van der Waals surface area contributed by atoms with Gasteiger partial charge in [0.15, 0.2) is 0 Å². The van der Waals surface area contributed by atoms with Crippen LogP contribution in [0.2, 0.25) is 19.6 Å². The molecule has 0 aliphatic rings. The van der Waals surface area contributed by atoms with Gasteiger partial charge in [-0.25, -0.2) is 0 Å². The summed E-state index contributed by atoms with van der Waals surface area (Å²) in [6.45, 7) is 10.0. The highest BCUT2D eigenvalue weighted by molar-refractivity contribution is 7.78. The number of nitrogens with zero attached hydrogens (tertiary/aromatic N) is 1. The van der Waals surface area contributed by atoms with Gasteiger partial charge in [0.2, 0.25) is 0 Å². The molecule has 0 aromatic carbocycles. The van der Waals surface area contributed by atoms with Crippen LogP contribution in [0, 0.1) is 0 Å². The molecule has 0 aliphatic heterocycles. The van der Waals surface area contributed by atoms with Crippen molar-refractivity contribution in [1.82, 2.24) is 0 Å². The minimum Gasteiger partial charge on any atom is -0.196 e. The van der Waals surface area contributed by atoms with Gasteiger partial charge < -0.3 is 0 Å². The van der Waals surface area contributed by atoms with E-state index in [9.17, 15) is 0 Å². The highest BCUT2D eigenvalue weighted by atomic mass is 32.1. The molecule has 0 saturated heterocycles. The second kappa shape index (κ2) is 3.64. The van der Waals surface area contributed by atoms with Crippen LogP contribution >= 0.6 is 12.2 Å². The zero-order valence-corrected chi connectivity index (χ0v) is 8.38. The van der Waals surface area contributed by atoms with Crippen LogP contribution in [0.5, 0.6) is 0 Å². The number of thiocarbonyl (C=S) groups is 1. The Kier molecular flexibility index (Phi) is 3.47. The first kappa shape index (κ1) is 9.54. The monoisotopic (exact) mass is 169 g/mol. The Balaban J connectivity index is 4.73. The van der Waals surface area contributed by atoms with Crippen molar-refractivity contribution in [3.8, 4) is 0 Å². The predicted molar refractivity (Wildman–Crippen MR) is 51.0 cm³/mol. The molecule has 54 valence electrons. The normalized spacial score (nSPS) is 9.50. The standard InChI is InChI=1S/C7H11NSSi/c1-5-7(8-6-9)10(2,3)4/h1H2,2-4H3. The fourth-order valence-electron chi connectivity index (χ4n) is 0.518. The molecule has 0 unspecified atom stereocenters. The van der Waals surface area contributed by atoms with Gasteiger partial charge in [0, 0.05) is 0 Å². The van der Waals surface area contributed by atoms with Crippen molar-refractivity contribution in [2.75, 3.05) is 0 Å². The Morgan fingerprint density at radius 2 is 2.00 bits per heavy atom. The van der Waals surface area contributed by atoms with E-state index in [1.165, 1.54) is 0 Å². The molecule has 0 amide bonds. The van der Waals surface area contributed by atoms with Crippen LogP contribution in [0.15, 0.2) is 22.6 Å². The number of rotatable bonds is 2. The number of hydrogen-bond acceptors (Lipinski definition) is 2. The van der Waals surface area contributed by atoms with Crippen molar-refractivity contribution in [2.45, 2.75) is 19.6 Å². The smallest absolute Gasteiger partial charge is 0.112 e. The minimum absolute atomic E-state index is 0.891. The maximum Gasteiger partial charge on any atom is 0.112 e. The second-order valence-corrected chi connectivity index (χ2v) is 8.13. The van der Waals surface area contributed by atoms with E-state index in [-0.39, 0.29) is 0 Å². The molecule has 0 fully saturated rings. The van der Waals surface area contributed by atoms with Gasteiger partial charge in [0.05, 0.1) is 10.5 Å². The van der Waals surface area contributed by atoms with Crippen LogP contribution in [-0.2, 0) is 0 Å². The number of aliphatic imine (C=N–C) groups is 1.